The van der Waals surface area contributed by atoms with Gasteiger partial charge in [0.05, 0.1) is 32.8 Å². The number of benzene rings is 1. The van der Waals surface area contributed by atoms with E-state index in [0.29, 0.717) is 17.1 Å². The Kier molecular flexibility index (Phi) is 6.33. The maximum atomic E-state index is 12.2. The number of anilines is 1. The molecule has 1 aromatic carbocycles. The van der Waals surface area contributed by atoms with Gasteiger partial charge in [-0.3, -0.25) is 4.79 Å². The van der Waals surface area contributed by atoms with Crippen molar-refractivity contribution in [2.75, 3.05) is 26.1 Å². The van der Waals surface area contributed by atoms with Crippen molar-refractivity contribution in [1.82, 2.24) is 4.98 Å². The number of amides is 1. The number of rotatable bonds is 7. The lowest BCUT2D eigenvalue weighted by Crippen LogP contribution is -2.16. The predicted octanol–water partition coefficient (Wildman–Crippen LogP) is 2.46. The van der Waals surface area contributed by atoms with Crippen molar-refractivity contribution in [3.63, 3.8) is 0 Å². The van der Waals surface area contributed by atoms with Gasteiger partial charge >= 0.3 is 5.97 Å². The van der Waals surface area contributed by atoms with E-state index in [1.54, 1.807) is 32.2 Å². The van der Waals surface area contributed by atoms with Gasteiger partial charge in [-0.25, -0.2) is 9.78 Å². The maximum absolute atomic E-state index is 12.2. The van der Waals surface area contributed by atoms with Crippen LogP contribution in [0.2, 0.25) is 0 Å². The van der Waals surface area contributed by atoms with E-state index in [4.69, 9.17) is 14.2 Å². The van der Waals surface area contributed by atoms with Gasteiger partial charge in [0.15, 0.2) is 11.5 Å². The van der Waals surface area contributed by atoms with Crippen LogP contribution in [0.4, 0.5) is 5.82 Å². The van der Waals surface area contributed by atoms with Crippen molar-refractivity contribution < 1.29 is 23.8 Å². The number of esters is 1. The van der Waals surface area contributed by atoms with Crippen molar-refractivity contribution in [3.8, 4) is 11.5 Å². The van der Waals surface area contributed by atoms with Crippen LogP contribution >= 0.6 is 0 Å². The molecule has 25 heavy (non-hydrogen) atoms. The highest BCUT2D eigenvalue weighted by atomic mass is 16.5. The number of hydrogen-bond acceptors (Lipinski definition) is 6. The summed E-state index contributed by atoms with van der Waals surface area (Å²) in [5.74, 6) is 0.711. The van der Waals surface area contributed by atoms with Gasteiger partial charge < -0.3 is 19.5 Å². The molecule has 0 spiro atoms. The third-order valence-corrected chi connectivity index (χ3v) is 3.35. The fourth-order valence-corrected chi connectivity index (χ4v) is 2.20. The number of pyridine rings is 1. The van der Waals surface area contributed by atoms with Crippen LogP contribution in [0.25, 0.3) is 0 Å². The van der Waals surface area contributed by atoms with E-state index < -0.39 is 5.97 Å². The van der Waals surface area contributed by atoms with Crippen LogP contribution in [0.1, 0.15) is 22.8 Å². The Morgan fingerprint density at radius 2 is 1.84 bits per heavy atom. The van der Waals surface area contributed by atoms with Gasteiger partial charge in [0.2, 0.25) is 5.91 Å². The first-order valence-electron chi connectivity index (χ1n) is 7.71. The molecular formula is C18H20N2O5. The van der Waals surface area contributed by atoms with Gasteiger partial charge in [-0.15, -0.1) is 0 Å². The Bertz CT molecular complexity index is 761. The quantitative estimate of drug-likeness (QED) is 0.777. The van der Waals surface area contributed by atoms with Crippen LogP contribution in [0.15, 0.2) is 36.5 Å². The Balaban J connectivity index is 2.05. The maximum Gasteiger partial charge on any atom is 0.338 e. The van der Waals surface area contributed by atoms with E-state index >= 15 is 0 Å². The van der Waals surface area contributed by atoms with Crippen molar-refractivity contribution in [2.24, 2.45) is 0 Å². The van der Waals surface area contributed by atoms with Crippen molar-refractivity contribution in [3.05, 3.63) is 47.7 Å². The van der Waals surface area contributed by atoms with E-state index in [9.17, 15) is 9.59 Å². The topological polar surface area (TPSA) is 86.8 Å². The first-order valence-corrected chi connectivity index (χ1v) is 7.71. The number of carbonyl (C=O) groups is 2. The summed E-state index contributed by atoms with van der Waals surface area (Å²) in [4.78, 5) is 28.0. The molecule has 0 aliphatic carbocycles. The molecule has 1 aromatic heterocycles. The second-order valence-corrected chi connectivity index (χ2v) is 5.06. The molecule has 132 valence electrons. The van der Waals surface area contributed by atoms with Crippen molar-refractivity contribution in [2.45, 2.75) is 13.3 Å². The van der Waals surface area contributed by atoms with Crippen molar-refractivity contribution >= 4 is 17.7 Å². The Hall–Kier alpha value is -3.09. The number of nitrogens with one attached hydrogen (secondary N) is 1. The van der Waals surface area contributed by atoms with Crippen molar-refractivity contribution in [1.29, 1.82) is 0 Å². The summed E-state index contributed by atoms with van der Waals surface area (Å²) in [5, 5.41) is 2.66. The van der Waals surface area contributed by atoms with Gasteiger partial charge in [0.25, 0.3) is 0 Å². The van der Waals surface area contributed by atoms with E-state index in [0.717, 1.165) is 5.56 Å². The lowest BCUT2D eigenvalue weighted by atomic mass is 10.1. The highest BCUT2D eigenvalue weighted by Crippen LogP contribution is 2.27. The largest absolute Gasteiger partial charge is 0.493 e. The Morgan fingerprint density at radius 3 is 2.52 bits per heavy atom. The summed E-state index contributed by atoms with van der Waals surface area (Å²) in [6.07, 6.45) is 1.57. The van der Waals surface area contributed by atoms with Gasteiger partial charge in [-0.2, -0.15) is 0 Å². The van der Waals surface area contributed by atoms with Crippen LogP contribution < -0.4 is 14.8 Å². The minimum Gasteiger partial charge on any atom is -0.493 e. The van der Waals surface area contributed by atoms with Gasteiger partial charge in [-0.1, -0.05) is 6.07 Å². The third-order valence-electron chi connectivity index (χ3n) is 3.35. The molecule has 7 nitrogen and oxygen atoms in total. The molecule has 2 rings (SSSR count). The molecule has 0 saturated carbocycles. The normalized spacial score (nSPS) is 10.0. The predicted molar refractivity (Wildman–Crippen MR) is 92.1 cm³/mol. The highest BCUT2D eigenvalue weighted by Gasteiger charge is 2.11. The third kappa shape index (κ3) is 4.94. The summed E-state index contributed by atoms with van der Waals surface area (Å²) < 4.78 is 15.3. The van der Waals surface area contributed by atoms with Crippen LogP contribution in [-0.4, -0.2) is 37.7 Å². The fraction of sp³-hybridized carbons (Fsp3) is 0.278. The lowest BCUT2D eigenvalue weighted by Gasteiger charge is -2.10. The summed E-state index contributed by atoms with van der Waals surface area (Å²) in [5.41, 5.74) is 1.09. The zero-order chi connectivity index (χ0) is 18.2. The van der Waals surface area contributed by atoms with Crippen LogP contribution in [0.5, 0.6) is 11.5 Å². The molecule has 0 radical (unpaired) electrons. The SMILES string of the molecule is CCOC(=O)c1ccnc(NC(=O)Cc2ccc(OC)c(OC)c2)c1. The first kappa shape index (κ1) is 18.3. The molecule has 0 aliphatic heterocycles. The summed E-state index contributed by atoms with van der Waals surface area (Å²) in [6.45, 7) is 2.01. The van der Waals surface area contributed by atoms with E-state index in [1.165, 1.54) is 25.4 Å². The molecular weight excluding hydrogens is 324 g/mol. The zero-order valence-corrected chi connectivity index (χ0v) is 14.4. The minimum atomic E-state index is -0.458. The lowest BCUT2D eigenvalue weighted by molar-refractivity contribution is -0.115. The number of aromatic nitrogens is 1. The number of methoxy groups -OCH3 is 2. The van der Waals surface area contributed by atoms with Gasteiger partial charge in [0.1, 0.15) is 5.82 Å². The average molecular weight is 344 g/mol. The van der Waals surface area contributed by atoms with Gasteiger partial charge in [0, 0.05) is 6.20 Å². The van der Waals surface area contributed by atoms with Gasteiger partial charge in [-0.05, 0) is 36.8 Å². The molecule has 1 N–H and O–H groups in total. The van der Waals surface area contributed by atoms with Crippen LogP contribution in [-0.2, 0) is 16.0 Å². The summed E-state index contributed by atoms with van der Waals surface area (Å²) in [7, 11) is 3.08. The fourth-order valence-electron chi connectivity index (χ4n) is 2.20. The van der Waals surface area contributed by atoms with E-state index in [2.05, 4.69) is 10.3 Å². The summed E-state index contributed by atoms with van der Waals surface area (Å²) >= 11 is 0. The molecule has 1 heterocycles. The van der Waals surface area contributed by atoms with Crippen LogP contribution in [0.3, 0.4) is 0 Å². The second kappa shape index (κ2) is 8.68. The smallest absolute Gasteiger partial charge is 0.338 e. The number of nitrogens with zero attached hydrogens (tertiary/aromatic N) is 1. The van der Waals surface area contributed by atoms with Crippen LogP contribution in [0, 0.1) is 0 Å². The number of carbonyl (C=O) groups excluding carboxylic acids is 2. The molecule has 0 fully saturated rings. The minimum absolute atomic E-state index is 0.131. The molecule has 0 aliphatic rings. The highest BCUT2D eigenvalue weighted by molar-refractivity contribution is 5.94. The molecule has 0 atom stereocenters. The standard InChI is InChI=1S/C18H20N2O5/c1-4-25-18(22)13-7-8-19-16(11-13)20-17(21)10-12-5-6-14(23-2)15(9-12)24-3/h5-9,11H,4,10H2,1-3H3,(H,19,20,21). The molecule has 2 aromatic rings. The molecule has 0 bridgehead atoms. The first-order chi connectivity index (χ1) is 12.1. The number of hydrogen-bond donors (Lipinski definition) is 1. The zero-order valence-electron chi connectivity index (χ0n) is 14.4. The number of ether oxygens (including phenoxy) is 3. The monoisotopic (exact) mass is 344 g/mol. The van der Waals surface area contributed by atoms with E-state index in [1.807, 2.05) is 0 Å². The molecule has 7 heteroatoms. The molecule has 1 amide bonds. The Labute approximate surface area is 145 Å². The van der Waals surface area contributed by atoms with E-state index in [-0.39, 0.29) is 24.8 Å². The molecule has 0 unspecified atom stereocenters. The second-order valence-electron chi connectivity index (χ2n) is 5.06. The molecule has 0 saturated heterocycles. The average Bonchev–Trinajstić information content (AvgIpc) is 2.62. The summed E-state index contributed by atoms with van der Waals surface area (Å²) in [6, 6.07) is 8.26. The Morgan fingerprint density at radius 1 is 1.08 bits per heavy atom.